The van der Waals surface area contributed by atoms with Gasteiger partial charge in [0, 0.05) is 19.1 Å². The largest absolute Gasteiger partial charge is 0.497 e. The fraction of sp³-hybridized carbons (Fsp3) is 0.625. The average molecular weight is 264 g/mol. The molecule has 0 amide bonds. The van der Waals surface area contributed by atoms with Crippen molar-refractivity contribution in [1.82, 2.24) is 10.2 Å². The standard InChI is InChI=1S/C16H28N2O/c1-6-17-16(13(2)3)12-18(4)11-14-8-7-9-15(10-14)19-5/h7-10,13,16-17H,6,11-12H2,1-5H3. The van der Waals surface area contributed by atoms with Crippen molar-refractivity contribution in [3.63, 3.8) is 0 Å². The molecule has 0 aliphatic carbocycles. The van der Waals surface area contributed by atoms with Crippen molar-refractivity contribution < 1.29 is 4.74 Å². The molecular weight excluding hydrogens is 236 g/mol. The molecule has 0 fully saturated rings. The molecule has 1 unspecified atom stereocenters. The number of methoxy groups -OCH3 is 1. The zero-order chi connectivity index (χ0) is 14.3. The minimum atomic E-state index is 0.542. The van der Waals surface area contributed by atoms with Crippen LogP contribution in [-0.4, -0.2) is 38.2 Å². The number of nitrogens with zero attached hydrogens (tertiary/aromatic N) is 1. The van der Waals surface area contributed by atoms with Crippen LogP contribution in [0.2, 0.25) is 0 Å². The van der Waals surface area contributed by atoms with E-state index in [-0.39, 0.29) is 0 Å². The molecular formula is C16H28N2O. The second kappa shape index (κ2) is 8.18. The van der Waals surface area contributed by atoms with Crippen LogP contribution in [0.3, 0.4) is 0 Å². The van der Waals surface area contributed by atoms with Crippen molar-refractivity contribution in [2.75, 3.05) is 27.2 Å². The molecule has 1 aromatic carbocycles. The van der Waals surface area contributed by atoms with Gasteiger partial charge in [-0.1, -0.05) is 32.9 Å². The maximum atomic E-state index is 5.26. The van der Waals surface area contributed by atoms with E-state index in [9.17, 15) is 0 Å². The molecule has 0 aromatic heterocycles. The first-order valence-electron chi connectivity index (χ1n) is 7.11. The van der Waals surface area contributed by atoms with Gasteiger partial charge in [-0.15, -0.1) is 0 Å². The molecule has 1 rings (SSSR count). The first-order chi connectivity index (χ1) is 9.06. The Balaban J connectivity index is 2.55. The molecule has 0 heterocycles. The lowest BCUT2D eigenvalue weighted by Gasteiger charge is -2.27. The number of hydrogen-bond donors (Lipinski definition) is 1. The smallest absolute Gasteiger partial charge is 0.119 e. The zero-order valence-corrected chi connectivity index (χ0v) is 12.9. The summed E-state index contributed by atoms with van der Waals surface area (Å²) in [6.07, 6.45) is 0. The van der Waals surface area contributed by atoms with Crippen LogP contribution in [0, 0.1) is 5.92 Å². The maximum Gasteiger partial charge on any atom is 0.119 e. The summed E-state index contributed by atoms with van der Waals surface area (Å²) >= 11 is 0. The van der Waals surface area contributed by atoms with Gasteiger partial charge in [0.05, 0.1) is 7.11 Å². The molecule has 0 spiro atoms. The Labute approximate surface area is 118 Å². The van der Waals surface area contributed by atoms with Gasteiger partial charge >= 0.3 is 0 Å². The first-order valence-corrected chi connectivity index (χ1v) is 7.11. The van der Waals surface area contributed by atoms with Crippen molar-refractivity contribution in [2.24, 2.45) is 5.92 Å². The molecule has 0 saturated carbocycles. The minimum absolute atomic E-state index is 0.542. The highest BCUT2D eigenvalue weighted by Crippen LogP contribution is 2.14. The van der Waals surface area contributed by atoms with E-state index in [4.69, 9.17) is 4.74 Å². The number of hydrogen-bond acceptors (Lipinski definition) is 3. The molecule has 0 aliphatic rings. The number of likely N-dealkylation sites (N-methyl/N-ethyl adjacent to an activating group) is 2. The van der Waals surface area contributed by atoms with Crippen LogP contribution < -0.4 is 10.1 Å². The summed E-state index contributed by atoms with van der Waals surface area (Å²) in [6, 6.07) is 8.83. The minimum Gasteiger partial charge on any atom is -0.497 e. The van der Waals surface area contributed by atoms with Crippen molar-refractivity contribution >= 4 is 0 Å². The lowest BCUT2D eigenvalue weighted by molar-refractivity contribution is 0.250. The van der Waals surface area contributed by atoms with Crippen LogP contribution in [0.4, 0.5) is 0 Å². The van der Waals surface area contributed by atoms with Gasteiger partial charge in [-0.2, -0.15) is 0 Å². The van der Waals surface area contributed by atoms with Crippen LogP contribution in [0.1, 0.15) is 26.3 Å². The fourth-order valence-electron chi connectivity index (χ4n) is 2.26. The summed E-state index contributed by atoms with van der Waals surface area (Å²) in [5.74, 6) is 1.57. The van der Waals surface area contributed by atoms with Crippen LogP contribution in [-0.2, 0) is 6.54 Å². The monoisotopic (exact) mass is 264 g/mol. The van der Waals surface area contributed by atoms with Crippen LogP contribution >= 0.6 is 0 Å². The van der Waals surface area contributed by atoms with Crippen LogP contribution in [0.25, 0.3) is 0 Å². The molecule has 3 heteroatoms. The summed E-state index contributed by atoms with van der Waals surface area (Å²) in [6.45, 7) is 9.74. The number of nitrogens with one attached hydrogen (secondary N) is 1. The van der Waals surface area contributed by atoms with Crippen LogP contribution in [0.5, 0.6) is 5.75 Å². The summed E-state index contributed by atoms with van der Waals surface area (Å²) in [4.78, 5) is 2.36. The first kappa shape index (κ1) is 16.0. The molecule has 3 nitrogen and oxygen atoms in total. The van der Waals surface area contributed by atoms with Gasteiger partial charge in [-0.25, -0.2) is 0 Å². The van der Waals surface area contributed by atoms with E-state index in [1.54, 1.807) is 7.11 Å². The molecule has 1 aromatic rings. The zero-order valence-electron chi connectivity index (χ0n) is 12.9. The van der Waals surface area contributed by atoms with Gasteiger partial charge in [0.15, 0.2) is 0 Å². The normalized spacial score (nSPS) is 13.0. The molecule has 1 N–H and O–H groups in total. The average Bonchev–Trinajstić information content (AvgIpc) is 2.38. The summed E-state index contributed by atoms with van der Waals surface area (Å²) in [5, 5.41) is 3.55. The Morgan fingerprint density at radius 3 is 2.63 bits per heavy atom. The SMILES string of the molecule is CCNC(CN(C)Cc1cccc(OC)c1)C(C)C. The van der Waals surface area contributed by atoms with Gasteiger partial charge in [-0.3, -0.25) is 0 Å². The predicted octanol–water partition coefficient (Wildman–Crippen LogP) is 2.76. The van der Waals surface area contributed by atoms with Crippen LogP contribution in [0.15, 0.2) is 24.3 Å². The van der Waals surface area contributed by atoms with E-state index in [1.165, 1.54) is 5.56 Å². The van der Waals surface area contributed by atoms with Gasteiger partial charge in [-0.05, 0) is 37.2 Å². The third-order valence-electron chi connectivity index (χ3n) is 3.37. The van der Waals surface area contributed by atoms with E-state index < -0.39 is 0 Å². The Bertz CT molecular complexity index is 366. The lowest BCUT2D eigenvalue weighted by Crippen LogP contribution is -2.42. The Kier molecular flexibility index (Phi) is 6.89. The molecule has 1 atom stereocenters. The third kappa shape index (κ3) is 5.62. The van der Waals surface area contributed by atoms with Crippen molar-refractivity contribution in [3.05, 3.63) is 29.8 Å². The Morgan fingerprint density at radius 2 is 2.05 bits per heavy atom. The summed E-state index contributed by atoms with van der Waals surface area (Å²) in [7, 11) is 3.88. The van der Waals surface area contributed by atoms with Crippen molar-refractivity contribution in [2.45, 2.75) is 33.4 Å². The maximum absolute atomic E-state index is 5.26. The Hall–Kier alpha value is -1.06. The van der Waals surface area contributed by atoms with E-state index in [0.717, 1.165) is 25.4 Å². The predicted molar refractivity (Wildman–Crippen MR) is 81.6 cm³/mol. The van der Waals surface area contributed by atoms with E-state index >= 15 is 0 Å². The van der Waals surface area contributed by atoms with E-state index in [2.05, 4.69) is 50.2 Å². The van der Waals surface area contributed by atoms with E-state index in [0.29, 0.717) is 12.0 Å². The molecule has 0 aliphatic heterocycles. The summed E-state index contributed by atoms with van der Waals surface area (Å²) in [5.41, 5.74) is 1.29. The quantitative estimate of drug-likeness (QED) is 0.781. The molecule has 0 saturated heterocycles. The highest BCUT2D eigenvalue weighted by molar-refractivity contribution is 5.28. The topological polar surface area (TPSA) is 24.5 Å². The second-order valence-corrected chi connectivity index (χ2v) is 5.46. The van der Waals surface area contributed by atoms with Gasteiger partial charge in [0.2, 0.25) is 0 Å². The van der Waals surface area contributed by atoms with Gasteiger partial charge in [0.25, 0.3) is 0 Å². The third-order valence-corrected chi connectivity index (χ3v) is 3.37. The van der Waals surface area contributed by atoms with Crippen molar-refractivity contribution in [3.8, 4) is 5.75 Å². The highest BCUT2D eigenvalue weighted by Gasteiger charge is 2.14. The lowest BCUT2D eigenvalue weighted by atomic mass is 10.0. The Morgan fingerprint density at radius 1 is 1.32 bits per heavy atom. The molecule has 0 bridgehead atoms. The van der Waals surface area contributed by atoms with Gasteiger partial charge in [0.1, 0.15) is 5.75 Å². The summed E-state index contributed by atoms with van der Waals surface area (Å²) < 4.78 is 5.26. The molecule has 108 valence electrons. The number of ether oxygens (including phenoxy) is 1. The van der Waals surface area contributed by atoms with E-state index in [1.807, 2.05) is 12.1 Å². The second-order valence-electron chi connectivity index (χ2n) is 5.46. The van der Waals surface area contributed by atoms with Crippen molar-refractivity contribution in [1.29, 1.82) is 0 Å². The number of rotatable bonds is 8. The fourth-order valence-corrected chi connectivity index (χ4v) is 2.26. The number of benzene rings is 1. The van der Waals surface area contributed by atoms with Gasteiger partial charge < -0.3 is 15.0 Å². The molecule has 0 radical (unpaired) electrons. The molecule has 19 heavy (non-hydrogen) atoms. The highest BCUT2D eigenvalue weighted by atomic mass is 16.5.